The number of nitrogens with zero attached hydrogens (tertiary/aromatic N) is 4. The SMILES string of the molecule is CN1CC(CC#N)N(Cc2ccncc2)C(C)(C)C1. The lowest BCUT2D eigenvalue weighted by Crippen LogP contribution is -2.62. The number of aromatic nitrogens is 1. The van der Waals surface area contributed by atoms with Gasteiger partial charge in [0.05, 0.1) is 12.5 Å². The molecule has 0 N–H and O–H groups in total. The molecule has 1 fully saturated rings. The zero-order valence-electron chi connectivity index (χ0n) is 12.0. The van der Waals surface area contributed by atoms with Gasteiger partial charge >= 0.3 is 0 Å². The second-order valence-electron chi connectivity index (χ2n) is 6.01. The van der Waals surface area contributed by atoms with Crippen molar-refractivity contribution in [3.8, 4) is 6.07 Å². The predicted octanol–water partition coefficient (Wildman–Crippen LogP) is 1.89. The molecule has 1 saturated heterocycles. The highest BCUT2D eigenvalue weighted by molar-refractivity contribution is 5.11. The summed E-state index contributed by atoms with van der Waals surface area (Å²) in [6.07, 6.45) is 4.24. The monoisotopic (exact) mass is 258 g/mol. The predicted molar refractivity (Wildman–Crippen MR) is 75.4 cm³/mol. The molecule has 2 rings (SSSR count). The van der Waals surface area contributed by atoms with Crippen molar-refractivity contribution in [1.82, 2.24) is 14.8 Å². The van der Waals surface area contributed by atoms with Gasteiger partial charge in [0.25, 0.3) is 0 Å². The van der Waals surface area contributed by atoms with Crippen molar-refractivity contribution in [3.63, 3.8) is 0 Å². The van der Waals surface area contributed by atoms with Gasteiger partial charge in [-0.25, -0.2) is 0 Å². The molecule has 0 aliphatic carbocycles. The second-order valence-corrected chi connectivity index (χ2v) is 6.01. The molecule has 0 aromatic carbocycles. The topological polar surface area (TPSA) is 43.2 Å². The molecule has 0 amide bonds. The highest BCUT2D eigenvalue weighted by atomic mass is 15.3. The van der Waals surface area contributed by atoms with Gasteiger partial charge in [0, 0.05) is 43.6 Å². The molecule has 0 bridgehead atoms. The molecule has 1 aliphatic heterocycles. The highest BCUT2D eigenvalue weighted by Crippen LogP contribution is 2.27. The zero-order valence-corrected chi connectivity index (χ0v) is 12.0. The maximum Gasteiger partial charge on any atom is 0.0638 e. The van der Waals surface area contributed by atoms with E-state index in [1.54, 1.807) is 0 Å². The Morgan fingerprint density at radius 1 is 1.42 bits per heavy atom. The van der Waals surface area contributed by atoms with Crippen molar-refractivity contribution in [2.45, 2.75) is 38.4 Å². The van der Waals surface area contributed by atoms with Gasteiger partial charge in [-0.15, -0.1) is 0 Å². The molecule has 4 heteroatoms. The van der Waals surface area contributed by atoms with E-state index in [0.29, 0.717) is 12.5 Å². The summed E-state index contributed by atoms with van der Waals surface area (Å²) in [5.74, 6) is 0. The number of nitriles is 1. The molecule has 0 spiro atoms. The minimum absolute atomic E-state index is 0.0811. The maximum absolute atomic E-state index is 9.05. The van der Waals surface area contributed by atoms with E-state index in [2.05, 4.69) is 53.9 Å². The first-order valence-electron chi connectivity index (χ1n) is 6.74. The van der Waals surface area contributed by atoms with E-state index in [1.807, 2.05) is 12.4 Å². The van der Waals surface area contributed by atoms with Gasteiger partial charge in [-0.05, 0) is 38.6 Å². The van der Waals surface area contributed by atoms with Crippen molar-refractivity contribution < 1.29 is 0 Å². The average molecular weight is 258 g/mol. The third kappa shape index (κ3) is 3.31. The van der Waals surface area contributed by atoms with Gasteiger partial charge in [-0.1, -0.05) is 0 Å². The molecule has 1 atom stereocenters. The number of likely N-dealkylation sites (N-methyl/N-ethyl adjacent to an activating group) is 1. The molecule has 102 valence electrons. The van der Waals surface area contributed by atoms with Crippen LogP contribution < -0.4 is 0 Å². The molecular formula is C15H22N4. The Morgan fingerprint density at radius 2 is 2.11 bits per heavy atom. The molecule has 1 aromatic heterocycles. The fourth-order valence-electron chi connectivity index (χ4n) is 3.08. The van der Waals surface area contributed by atoms with Crippen molar-refractivity contribution in [3.05, 3.63) is 30.1 Å². The van der Waals surface area contributed by atoms with E-state index >= 15 is 0 Å². The summed E-state index contributed by atoms with van der Waals surface area (Å²) in [6.45, 7) is 7.39. The van der Waals surface area contributed by atoms with Crippen LogP contribution in [0.15, 0.2) is 24.5 Å². The Labute approximate surface area is 115 Å². The quantitative estimate of drug-likeness (QED) is 0.830. The normalized spacial score (nSPS) is 24.0. The van der Waals surface area contributed by atoms with E-state index in [4.69, 9.17) is 5.26 Å². The molecule has 1 aromatic rings. The minimum atomic E-state index is 0.0811. The number of hydrogen-bond acceptors (Lipinski definition) is 4. The number of hydrogen-bond donors (Lipinski definition) is 0. The van der Waals surface area contributed by atoms with Gasteiger partial charge in [0.2, 0.25) is 0 Å². The first kappa shape index (κ1) is 14.0. The lowest BCUT2D eigenvalue weighted by Gasteiger charge is -2.50. The summed E-state index contributed by atoms with van der Waals surface area (Å²) in [5, 5.41) is 9.05. The van der Waals surface area contributed by atoms with Crippen LogP contribution in [0.5, 0.6) is 0 Å². The largest absolute Gasteiger partial charge is 0.303 e. The number of piperazine rings is 1. The lowest BCUT2D eigenvalue weighted by molar-refractivity contribution is -0.0204. The van der Waals surface area contributed by atoms with Gasteiger partial charge in [-0.3, -0.25) is 9.88 Å². The highest BCUT2D eigenvalue weighted by Gasteiger charge is 2.38. The summed E-state index contributed by atoms with van der Waals surface area (Å²) in [4.78, 5) is 8.85. The molecule has 0 saturated carbocycles. The average Bonchev–Trinajstić information content (AvgIpc) is 2.34. The second kappa shape index (κ2) is 5.68. The molecule has 4 nitrogen and oxygen atoms in total. The van der Waals surface area contributed by atoms with Gasteiger partial charge in [0.15, 0.2) is 0 Å². The van der Waals surface area contributed by atoms with E-state index in [0.717, 1.165) is 19.6 Å². The Morgan fingerprint density at radius 3 is 2.74 bits per heavy atom. The summed E-state index contributed by atoms with van der Waals surface area (Å²) >= 11 is 0. The van der Waals surface area contributed by atoms with E-state index in [9.17, 15) is 0 Å². The third-order valence-electron chi connectivity index (χ3n) is 3.83. The van der Waals surface area contributed by atoms with Crippen LogP contribution in [-0.2, 0) is 6.54 Å². The summed E-state index contributed by atoms with van der Waals surface area (Å²) in [5.41, 5.74) is 1.34. The molecule has 0 radical (unpaired) electrons. The van der Waals surface area contributed by atoms with Gasteiger partial charge < -0.3 is 4.90 Å². The van der Waals surface area contributed by atoms with Crippen LogP contribution in [0.1, 0.15) is 25.8 Å². The van der Waals surface area contributed by atoms with Crippen molar-refractivity contribution in [1.29, 1.82) is 5.26 Å². The molecule has 1 aliphatic rings. The number of pyridine rings is 1. The number of rotatable bonds is 3. The third-order valence-corrected chi connectivity index (χ3v) is 3.83. The fourth-order valence-corrected chi connectivity index (χ4v) is 3.08. The molecular weight excluding hydrogens is 236 g/mol. The summed E-state index contributed by atoms with van der Waals surface area (Å²) in [6, 6.07) is 6.74. The van der Waals surface area contributed by atoms with Crippen molar-refractivity contribution in [2.75, 3.05) is 20.1 Å². The van der Waals surface area contributed by atoms with Crippen LogP contribution >= 0.6 is 0 Å². The van der Waals surface area contributed by atoms with Crippen LogP contribution in [0.3, 0.4) is 0 Å². The van der Waals surface area contributed by atoms with Gasteiger partial charge in [0.1, 0.15) is 0 Å². The summed E-state index contributed by atoms with van der Waals surface area (Å²) < 4.78 is 0. The molecule has 2 heterocycles. The molecule has 19 heavy (non-hydrogen) atoms. The van der Waals surface area contributed by atoms with Crippen molar-refractivity contribution in [2.24, 2.45) is 0 Å². The Bertz CT molecular complexity index is 449. The van der Waals surface area contributed by atoms with Gasteiger partial charge in [-0.2, -0.15) is 5.26 Å². The van der Waals surface area contributed by atoms with Crippen LogP contribution in [0.2, 0.25) is 0 Å². The van der Waals surface area contributed by atoms with Crippen LogP contribution in [0, 0.1) is 11.3 Å². The smallest absolute Gasteiger partial charge is 0.0638 e. The minimum Gasteiger partial charge on any atom is -0.303 e. The van der Waals surface area contributed by atoms with Crippen LogP contribution in [0.25, 0.3) is 0 Å². The van der Waals surface area contributed by atoms with Crippen molar-refractivity contribution >= 4 is 0 Å². The zero-order chi connectivity index (χ0) is 13.9. The van der Waals surface area contributed by atoms with E-state index in [1.165, 1.54) is 5.56 Å². The molecule has 1 unspecified atom stereocenters. The fraction of sp³-hybridized carbons (Fsp3) is 0.600. The Balaban J connectivity index is 2.20. The summed E-state index contributed by atoms with van der Waals surface area (Å²) in [7, 11) is 2.13. The standard InChI is InChI=1S/C15H22N4/c1-15(2)12-18(3)11-14(4-7-16)19(15)10-13-5-8-17-9-6-13/h5-6,8-9,14H,4,10-12H2,1-3H3. The lowest BCUT2D eigenvalue weighted by atomic mass is 9.93. The van der Waals surface area contributed by atoms with E-state index < -0.39 is 0 Å². The first-order valence-corrected chi connectivity index (χ1v) is 6.74. The van der Waals surface area contributed by atoms with Crippen LogP contribution in [0.4, 0.5) is 0 Å². The maximum atomic E-state index is 9.05. The van der Waals surface area contributed by atoms with Crippen LogP contribution in [-0.4, -0.2) is 46.5 Å². The Hall–Kier alpha value is -1.44. The first-order chi connectivity index (χ1) is 9.03. The Kier molecular flexibility index (Phi) is 4.18. The van der Waals surface area contributed by atoms with E-state index in [-0.39, 0.29) is 5.54 Å².